The largest absolute Gasteiger partial charge is 0.310 e. The standard InChI is InChI=1S/C72H48N2/c1-3-15-53(16-4-1)67-27-13-29-69-71(67)72-68(28-14-30-70(72)74(69)59-21-5-2-6-22-59)57-20-11-23-62(48-57)73(61-44-39-51(40-45-61)56-41-46-66-58(47-56)36-35-54-18-8-10-25-64(54)66)60-42-37-50(38-43-60)49-31-33-55(34-32-49)65-26-12-19-52-17-7-9-24-63(52)65/h1-48H. The Hall–Kier alpha value is -9.76. The first-order valence-electron chi connectivity index (χ1n) is 25.5. The first kappa shape index (κ1) is 43.1. The maximum absolute atomic E-state index is 2.43. The van der Waals surface area contributed by atoms with Gasteiger partial charge >= 0.3 is 0 Å². The Labute approximate surface area is 430 Å². The zero-order valence-corrected chi connectivity index (χ0v) is 40.6. The van der Waals surface area contributed by atoms with Gasteiger partial charge in [-0.3, -0.25) is 0 Å². The first-order chi connectivity index (χ1) is 36.7. The van der Waals surface area contributed by atoms with E-state index in [1.165, 1.54) is 104 Å². The maximum Gasteiger partial charge on any atom is 0.0547 e. The Balaban J connectivity index is 0.889. The second-order valence-electron chi connectivity index (χ2n) is 19.2. The fourth-order valence-electron chi connectivity index (χ4n) is 11.4. The highest BCUT2D eigenvalue weighted by Crippen LogP contribution is 2.45. The third-order valence-electron chi connectivity index (χ3n) is 15.0. The zero-order valence-electron chi connectivity index (χ0n) is 40.6. The van der Waals surface area contributed by atoms with E-state index in [0.717, 1.165) is 28.3 Å². The lowest BCUT2D eigenvalue weighted by Crippen LogP contribution is -2.10. The van der Waals surface area contributed by atoms with E-state index in [1.807, 2.05) is 0 Å². The summed E-state index contributed by atoms with van der Waals surface area (Å²) in [6, 6.07) is 106. The Bertz CT molecular complexity index is 4380. The summed E-state index contributed by atoms with van der Waals surface area (Å²) >= 11 is 0. The van der Waals surface area contributed by atoms with Crippen molar-refractivity contribution >= 4 is 71.2 Å². The van der Waals surface area contributed by atoms with Crippen LogP contribution in [0.25, 0.3) is 115 Å². The topological polar surface area (TPSA) is 8.17 Å². The predicted molar refractivity (Wildman–Crippen MR) is 315 cm³/mol. The van der Waals surface area contributed by atoms with Crippen molar-refractivity contribution in [3.05, 3.63) is 291 Å². The molecule has 13 aromatic carbocycles. The van der Waals surface area contributed by atoms with E-state index < -0.39 is 0 Å². The monoisotopic (exact) mass is 940 g/mol. The summed E-state index contributed by atoms with van der Waals surface area (Å²) in [4.78, 5) is 2.40. The van der Waals surface area contributed by atoms with Crippen molar-refractivity contribution in [2.75, 3.05) is 4.90 Å². The minimum atomic E-state index is 1.08. The van der Waals surface area contributed by atoms with Gasteiger partial charge in [-0.1, -0.05) is 224 Å². The molecular formula is C72H48N2. The SMILES string of the molecule is c1ccc(-c2cccc3c2c2c(-c4cccc(N(c5ccc(-c6ccc(-c7cccc8ccccc78)cc6)cc5)c5ccc(-c6ccc7c(ccc8ccccc87)c6)cc5)c4)cccc2n3-c2ccccc2)cc1. The summed E-state index contributed by atoms with van der Waals surface area (Å²) in [5, 5.41) is 10.1. The molecule has 1 heterocycles. The van der Waals surface area contributed by atoms with Gasteiger partial charge in [0.25, 0.3) is 0 Å². The summed E-state index contributed by atoms with van der Waals surface area (Å²) in [5.41, 5.74) is 18.7. The summed E-state index contributed by atoms with van der Waals surface area (Å²) < 4.78 is 2.43. The quantitative estimate of drug-likeness (QED) is 0.131. The van der Waals surface area contributed by atoms with Crippen molar-refractivity contribution in [2.45, 2.75) is 0 Å². The molecule has 0 unspecified atom stereocenters. The molecule has 0 saturated carbocycles. The van der Waals surface area contributed by atoms with E-state index in [4.69, 9.17) is 0 Å². The molecule has 0 atom stereocenters. The van der Waals surface area contributed by atoms with Crippen LogP contribution in [0.5, 0.6) is 0 Å². The van der Waals surface area contributed by atoms with Crippen molar-refractivity contribution < 1.29 is 0 Å². The molecule has 2 nitrogen and oxygen atoms in total. The average Bonchev–Trinajstić information content (AvgIpc) is 3.83. The van der Waals surface area contributed by atoms with E-state index in [-0.39, 0.29) is 0 Å². The third-order valence-corrected chi connectivity index (χ3v) is 15.0. The highest BCUT2D eigenvalue weighted by molar-refractivity contribution is 6.21. The molecule has 0 fully saturated rings. The van der Waals surface area contributed by atoms with Crippen LogP contribution in [0.3, 0.4) is 0 Å². The smallest absolute Gasteiger partial charge is 0.0547 e. The molecule has 0 saturated heterocycles. The molecule has 0 radical (unpaired) electrons. The van der Waals surface area contributed by atoms with Gasteiger partial charge in [-0.15, -0.1) is 0 Å². The van der Waals surface area contributed by atoms with Gasteiger partial charge in [-0.25, -0.2) is 0 Å². The molecule has 0 N–H and O–H groups in total. The number of hydrogen-bond acceptors (Lipinski definition) is 1. The zero-order chi connectivity index (χ0) is 49.0. The summed E-state index contributed by atoms with van der Waals surface area (Å²) in [6.45, 7) is 0. The third kappa shape index (κ3) is 7.52. The molecule has 14 rings (SSSR count). The molecule has 0 aliphatic rings. The van der Waals surface area contributed by atoms with Crippen LogP contribution < -0.4 is 4.90 Å². The van der Waals surface area contributed by atoms with Gasteiger partial charge in [-0.2, -0.15) is 0 Å². The number of nitrogens with zero attached hydrogens (tertiary/aromatic N) is 2. The highest BCUT2D eigenvalue weighted by atomic mass is 15.1. The molecule has 0 bridgehead atoms. The number of fused-ring (bicyclic) bond motifs is 7. The van der Waals surface area contributed by atoms with Crippen molar-refractivity contribution in [1.29, 1.82) is 0 Å². The second-order valence-corrected chi connectivity index (χ2v) is 19.2. The number of para-hydroxylation sites is 1. The number of anilines is 3. The lowest BCUT2D eigenvalue weighted by molar-refractivity contribution is 1.18. The van der Waals surface area contributed by atoms with Gasteiger partial charge in [0.15, 0.2) is 0 Å². The van der Waals surface area contributed by atoms with Crippen molar-refractivity contribution in [3.63, 3.8) is 0 Å². The molecule has 0 spiro atoms. The molecule has 0 aliphatic heterocycles. The van der Waals surface area contributed by atoms with Crippen LogP contribution >= 0.6 is 0 Å². The Kier molecular flexibility index (Phi) is 10.6. The fourth-order valence-corrected chi connectivity index (χ4v) is 11.4. The summed E-state index contributed by atoms with van der Waals surface area (Å²) in [6.07, 6.45) is 0. The Morgan fingerprint density at radius 1 is 0.230 bits per heavy atom. The van der Waals surface area contributed by atoms with Crippen molar-refractivity contribution in [3.8, 4) is 61.3 Å². The molecule has 0 amide bonds. The molecular weight excluding hydrogens is 893 g/mol. The minimum Gasteiger partial charge on any atom is -0.310 e. The van der Waals surface area contributed by atoms with E-state index in [2.05, 4.69) is 301 Å². The normalized spacial score (nSPS) is 11.5. The Morgan fingerprint density at radius 2 is 0.676 bits per heavy atom. The highest BCUT2D eigenvalue weighted by Gasteiger charge is 2.21. The minimum absolute atomic E-state index is 1.08. The van der Waals surface area contributed by atoms with Gasteiger partial charge in [-0.05, 0) is 155 Å². The molecule has 74 heavy (non-hydrogen) atoms. The van der Waals surface area contributed by atoms with Crippen LogP contribution in [0.15, 0.2) is 291 Å². The van der Waals surface area contributed by atoms with Gasteiger partial charge in [0.2, 0.25) is 0 Å². The maximum atomic E-state index is 2.43. The second kappa shape index (κ2) is 18.1. The van der Waals surface area contributed by atoms with Crippen LogP contribution in [0, 0.1) is 0 Å². The lowest BCUT2D eigenvalue weighted by atomic mass is 9.94. The number of rotatable bonds is 9. The fraction of sp³-hybridized carbons (Fsp3) is 0. The molecule has 346 valence electrons. The van der Waals surface area contributed by atoms with Crippen molar-refractivity contribution in [1.82, 2.24) is 4.57 Å². The van der Waals surface area contributed by atoms with Crippen LogP contribution in [-0.2, 0) is 0 Å². The first-order valence-corrected chi connectivity index (χ1v) is 25.5. The summed E-state index contributed by atoms with van der Waals surface area (Å²) in [7, 11) is 0. The average molecular weight is 941 g/mol. The van der Waals surface area contributed by atoms with E-state index in [1.54, 1.807) is 0 Å². The van der Waals surface area contributed by atoms with E-state index >= 15 is 0 Å². The summed E-state index contributed by atoms with van der Waals surface area (Å²) in [5.74, 6) is 0. The van der Waals surface area contributed by atoms with Crippen LogP contribution in [-0.4, -0.2) is 4.57 Å². The number of hydrogen-bond donors (Lipinski definition) is 0. The number of aromatic nitrogens is 1. The van der Waals surface area contributed by atoms with Crippen molar-refractivity contribution in [2.24, 2.45) is 0 Å². The predicted octanol–water partition coefficient (Wildman–Crippen LogP) is 20.0. The van der Waals surface area contributed by atoms with Gasteiger partial charge in [0.1, 0.15) is 0 Å². The van der Waals surface area contributed by atoms with E-state index in [0.29, 0.717) is 0 Å². The Morgan fingerprint density at radius 3 is 1.36 bits per heavy atom. The van der Waals surface area contributed by atoms with Gasteiger partial charge in [0.05, 0.1) is 11.0 Å². The van der Waals surface area contributed by atoms with Crippen LogP contribution in [0.4, 0.5) is 17.1 Å². The lowest BCUT2D eigenvalue weighted by Gasteiger charge is -2.26. The van der Waals surface area contributed by atoms with Crippen LogP contribution in [0.2, 0.25) is 0 Å². The molecule has 2 heteroatoms. The molecule has 14 aromatic rings. The van der Waals surface area contributed by atoms with Gasteiger partial charge in [0, 0.05) is 33.5 Å². The van der Waals surface area contributed by atoms with Crippen LogP contribution in [0.1, 0.15) is 0 Å². The van der Waals surface area contributed by atoms with Gasteiger partial charge < -0.3 is 9.47 Å². The molecule has 1 aromatic heterocycles. The van der Waals surface area contributed by atoms with E-state index in [9.17, 15) is 0 Å². The number of benzene rings is 13. The molecule has 0 aliphatic carbocycles.